The summed E-state index contributed by atoms with van der Waals surface area (Å²) in [5.41, 5.74) is 2.25. The van der Waals surface area contributed by atoms with Crippen molar-refractivity contribution in [2.75, 3.05) is 27.3 Å². The first kappa shape index (κ1) is 23.7. The fourth-order valence-electron chi connectivity index (χ4n) is 4.59. The molecule has 2 atom stereocenters. The van der Waals surface area contributed by atoms with Crippen molar-refractivity contribution in [1.29, 1.82) is 0 Å². The Morgan fingerprint density at radius 3 is 2.71 bits per heavy atom. The summed E-state index contributed by atoms with van der Waals surface area (Å²) in [7, 11) is 3.26. The number of pyridine rings is 1. The van der Waals surface area contributed by atoms with Gasteiger partial charge in [0.25, 0.3) is 5.91 Å². The van der Waals surface area contributed by atoms with Crippen molar-refractivity contribution in [2.45, 2.75) is 25.4 Å². The third-order valence-corrected chi connectivity index (χ3v) is 6.25. The molecule has 3 aromatic rings. The number of piperidine rings is 1. The standard InChI is InChI=1S/C27H30FN3O3/c1-33-24-12-11-19(15-25(24)34-2)17-31-14-6-8-21(18-31)26(23-10-3-4-13-29-23)30-27(32)20-7-5-9-22(28)16-20/h3-5,7,9-13,15-16,21,26H,6,8,14,17-18H2,1-2H3,(H,30,32)/t21-,26+/m0/s1. The summed E-state index contributed by atoms with van der Waals surface area (Å²) < 4.78 is 24.5. The number of carbonyl (C=O) groups is 1. The number of ether oxygens (including phenoxy) is 2. The Labute approximate surface area is 199 Å². The van der Waals surface area contributed by atoms with Crippen LogP contribution in [0, 0.1) is 11.7 Å². The molecule has 1 N–H and O–H groups in total. The summed E-state index contributed by atoms with van der Waals surface area (Å²) >= 11 is 0. The molecule has 2 heterocycles. The summed E-state index contributed by atoms with van der Waals surface area (Å²) in [5.74, 6) is 0.856. The third kappa shape index (κ3) is 5.72. The number of benzene rings is 2. The molecule has 0 saturated carbocycles. The van der Waals surface area contributed by atoms with Gasteiger partial charge in [-0.25, -0.2) is 4.39 Å². The second-order valence-corrected chi connectivity index (χ2v) is 8.54. The molecule has 1 fully saturated rings. The number of likely N-dealkylation sites (tertiary alicyclic amines) is 1. The number of rotatable bonds is 8. The zero-order valence-electron chi connectivity index (χ0n) is 19.5. The molecule has 0 radical (unpaired) electrons. The minimum absolute atomic E-state index is 0.168. The van der Waals surface area contributed by atoms with Crippen LogP contribution in [0.2, 0.25) is 0 Å². The first-order valence-electron chi connectivity index (χ1n) is 11.5. The van der Waals surface area contributed by atoms with Crippen molar-refractivity contribution >= 4 is 5.91 Å². The zero-order valence-corrected chi connectivity index (χ0v) is 19.5. The number of methoxy groups -OCH3 is 2. The molecule has 1 aliphatic rings. The molecule has 2 aromatic carbocycles. The predicted octanol–water partition coefficient (Wildman–Crippen LogP) is 4.62. The molecule has 0 unspecified atom stereocenters. The first-order valence-corrected chi connectivity index (χ1v) is 11.5. The quantitative estimate of drug-likeness (QED) is 0.528. The maximum absolute atomic E-state index is 13.7. The lowest BCUT2D eigenvalue weighted by Crippen LogP contribution is -2.43. The molecule has 6 nitrogen and oxygen atoms in total. The number of hydrogen-bond donors (Lipinski definition) is 1. The van der Waals surface area contributed by atoms with Gasteiger partial charge in [-0.2, -0.15) is 0 Å². The molecule has 0 aliphatic carbocycles. The lowest BCUT2D eigenvalue weighted by Gasteiger charge is -2.37. The summed E-state index contributed by atoms with van der Waals surface area (Å²) in [5, 5.41) is 3.13. The highest BCUT2D eigenvalue weighted by molar-refractivity contribution is 5.94. The van der Waals surface area contributed by atoms with Crippen LogP contribution in [0.15, 0.2) is 66.9 Å². The van der Waals surface area contributed by atoms with Gasteiger partial charge in [-0.3, -0.25) is 14.7 Å². The second kappa shape index (κ2) is 11.1. The van der Waals surface area contributed by atoms with Crippen molar-refractivity contribution in [2.24, 2.45) is 5.92 Å². The molecule has 178 valence electrons. The van der Waals surface area contributed by atoms with Crippen LogP contribution in [0.25, 0.3) is 0 Å². The number of nitrogens with zero attached hydrogens (tertiary/aromatic N) is 2. The minimum atomic E-state index is -0.430. The largest absolute Gasteiger partial charge is 0.493 e. The highest BCUT2D eigenvalue weighted by Crippen LogP contribution is 2.32. The Morgan fingerprint density at radius 2 is 1.97 bits per heavy atom. The van der Waals surface area contributed by atoms with E-state index in [1.807, 2.05) is 36.4 Å². The molecule has 1 amide bonds. The van der Waals surface area contributed by atoms with Crippen LogP contribution >= 0.6 is 0 Å². The van der Waals surface area contributed by atoms with E-state index in [4.69, 9.17) is 9.47 Å². The fraction of sp³-hybridized carbons (Fsp3) is 0.333. The van der Waals surface area contributed by atoms with Crippen molar-refractivity contribution in [3.05, 3.63) is 89.5 Å². The van der Waals surface area contributed by atoms with Gasteiger partial charge in [0.15, 0.2) is 11.5 Å². The van der Waals surface area contributed by atoms with Crippen LogP contribution in [0.5, 0.6) is 11.5 Å². The Morgan fingerprint density at radius 1 is 1.12 bits per heavy atom. The van der Waals surface area contributed by atoms with E-state index >= 15 is 0 Å². The molecule has 1 aromatic heterocycles. The van der Waals surface area contributed by atoms with Crippen LogP contribution in [0.4, 0.5) is 4.39 Å². The first-order chi connectivity index (χ1) is 16.6. The number of aromatic nitrogens is 1. The molecule has 1 aliphatic heterocycles. The molecular formula is C27H30FN3O3. The molecule has 0 bridgehead atoms. The van der Waals surface area contributed by atoms with Crippen LogP contribution in [0.1, 0.15) is 40.5 Å². The number of halogens is 1. The summed E-state index contributed by atoms with van der Waals surface area (Å²) in [6.07, 6.45) is 3.71. The third-order valence-electron chi connectivity index (χ3n) is 6.25. The van der Waals surface area contributed by atoms with E-state index in [9.17, 15) is 9.18 Å². The van der Waals surface area contributed by atoms with Crippen LogP contribution in [-0.2, 0) is 6.54 Å². The van der Waals surface area contributed by atoms with Crippen molar-refractivity contribution < 1.29 is 18.7 Å². The van der Waals surface area contributed by atoms with Gasteiger partial charge in [-0.1, -0.05) is 18.2 Å². The summed E-state index contributed by atoms with van der Waals surface area (Å²) in [6.45, 7) is 2.54. The lowest BCUT2D eigenvalue weighted by molar-refractivity contribution is 0.0874. The Bertz CT molecular complexity index is 1110. The molecule has 34 heavy (non-hydrogen) atoms. The second-order valence-electron chi connectivity index (χ2n) is 8.54. The Balaban J connectivity index is 1.52. The van der Waals surface area contributed by atoms with Crippen LogP contribution in [-0.4, -0.2) is 43.1 Å². The highest BCUT2D eigenvalue weighted by atomic mass is 19.1. The molecular weight excluding hydrogens is 433 g/mol. The summed E-state index contributed by atoms with van der Waals surface area (Å²) in [4.78, 5) is 19.9. The Hall–Kier alpha value is -3.45. The van der Waals surface area contributed by atoms with Gasteiger partial charge in [0.1, 0.15) is 5.82 Å². The van der Waals surface area contributed by atoms with E-state index in [0.29, 0.717) is 17.1 Å². The van der Waals surface area contributed by atoms with E-state index < -0.39 is 5.82 Å². The van der Waals surface area contributed by atoms with E-state index in [0.717, 1.165) is 43.7 Å². The van der Waals surface area contributed by atoms with Crippen molar-refractivity contribution in [1.82, 2.24) is 15.2 Å². The van der Waals surface area contributed by atoms with Gasteiger partial charge in [-0.15, -0.1) is 0 Å². The van der Waals surface area contributed by atoms with Gasteiger partial charge in [0, 0.05) is 24.8 Å². The maximum Gasteiger partial charge on any atom is 0.251 e. The fourth-order valence-corrected chi connectivity index (χ4v) is 4.59. The average Bonchev–Trinajstić information content (AvgIpc) is 2.87. The van der Waals surface area contributed by atoms with E-state index in [1.54, 1.807) is 32.5 Å². The van der Waals surface area contributed by atoms with Gasteiger partial charge in [0.2, 0.25) is 0 Å². The SMILES string of the molecule is COc1ccc(CN2CCC[C@H]([C@@H](NC(=O)c3cccc(F)c3)c3ccccn3)C2)cc1OC. The smallest absolute Gasteiger partial charge is 0.251 e. The van der Waals surface area contributed by atoms with Crippen LogP contribution in [0.3, 0.4) is 0 Å². The lowest BCUT2D eigenvalue weighted by atomic mass is 9.88. The van der Waals surface area contributed by atoms with Gasteiger partial charge >= 0.3 is 0 Å². The van der Waals surface area contributed by atoms with Crippen molar-refractivity contribution in [3.63, 3.8) is 0 Å². The van der Waals surface area contributed by atoms with E-state index in [1.165, 1.54) is 12.1 Å². The van der Waals surface area contributed by atoms with Gasteiger partial charge in [-0.05, 0) is 73.3 Å². The normalized spacial score (nSPS) is 17.1. The summed E-state index contributed by atoms with van der Waals surface area (Å²) in [6, 6.07) is 17.2. The Kier molecular flexibility index (Phi) is 7.75. The predicted molar refractivity (Wildman–Crippen MR) is 128 cm³/mol. The topological polar surface area (TPSA) is 63.7 Å². The number of amides is 1. The highest BCUT2D eigenvalue weighted by Gasteiger charge is 2.31. The molecule has 7 heteroatoms. The van der Waals surface area contributed by atoms with E-state index in [-0.39, 0.29) is 17.9 Å². The molecule has 4 rings (SSSR count). The number of nitrogens with one attached hydrogen (secondary N) is 1. The minimum Gasteiger partial charge on any atom is -0.493 e. The van der Waals surface area contributed by atoms with Gasteiger partial charge < -0.3 is 14.8 Å². The van der Waals surface area contributed by atoms with Crippen LogP contribution < -0.4 is 14.8 Å². The molecule has 1 saturated heterocycles. The number of hydrogen-bond acceptors (Lipinski definition) is 5. The zero-order chi connectivity index (χ0) is 23.9. The van der Waals surface area contributed by atoms with Crippen molar-refractivity contribution in [3.8, 4) is 11.5 Å². The van der Waals surface area contributed by atoms with E-state index in [2.05, 4.69) is 15.2 Å². The molecule has 0 spiro atoms. The number of carbonyl (C=O) groups excluding carboxylic acids is 1. The average molecular weight is 464 g/mol. The monoisotopic (exact) mass is 463 g/mol. The van der Waals surface area contributed by atoms with Gasteiger partial charge in [0.05, 0.1) is 26.0 Å². The maximum atomic E-state index is 13.7.